The minimum Gasteiger partial charge on any atom is -0.393 e. The average Bonchev–Trinajstić information content (AvgIpc) is 2.23. The van der Waals surface area contributed by atoms with E-state index in [-0.39, 0.29) is 24.7 Å². The monoisotopic (exact) mass is 213 g/mol. The normalized spacial score (nSPS) is 38.1. The third-order valence-corrected chi connectivity index (χ3v) is 3.55. The van der Waals surface area contributed by atoms with Crippen LogP contribution < -0.4 is 0 Å². The van der Waals surface area contributed by atoms with Crippen LogP contribution in [0.25, 0.3) is 0 Å². The molecule has 1 aliphatic heterocycles. The number of hydrogen-bond donors (Lipinski definition) is 1. The van der Waals surface area contributed by atoms with E-state index >= 15 is 0 Å². The van der Waals surface area contributed by atoms with Gasteiger partial charge in [0.15, 0.2) is 0 Å². The number of amides is 1. The highest BCUT2D eigenvalue weighted by atomic mass is 16.5. The highest BCUT2D eigenvalue weighted by Crippen LogP contribution is 2.29. The van der Waals surface area contributed by atoms with Crippen molar-refractivity contribution in [3.8, 4) is 0 Å². The van der Waals surface area contributed by atoms with Crippen molar-refractivity contribution in [3.05, 3.63) is 0 Å². The first-order valence-electron chi connectivity index (χ1n) is 5.73. The Hall–Kier alpha value is -0.610. The molecule has 1 N–H and O–H groups in total. The molecule has 2 aliphatic rings. The molecule has 86 valence electrons. The highest BCUT2D eigenvalue weighted by molar-refractivity contribution is 5.78. The van der Waals surface area contributed by atoms with E-state index in [4.69, 9.17) is 4.74 Å². The third kappa shape index (κ3) is 2.32. The highest BCUT2D eigenvalue weighted by Gasteiger charge is 2.34. The lowest BCUT2D eigenvalue weighted by Crippen LogP contribution is -2.52. The van der Waals surface area contributed by atoms with E-state index in [1.54, 1.807) is 0 Å². The Bertz CT molecular complexity index is 244. The van der Waals surface area contributed by atoms with Gasteiger partial charge in [0.25, 0.3) is 0 Å². The molecule has 1 aliphatic carbocycles. The maximum Gasteiger partial charge on any atom is 0.248 e. The first kappa shape index (κ1) is 10.9. The summed E-state index contributed by atoms with van der Waals surface area (Å²) >= 11 is 0. The fraction of sp³-hybridized carbons (Fsp3) is 0.909. The lowest BCUT2D eigenvalue weighted by atomic mass is 9.83. The van der Waals surface area contributed by atoms with E-state index in [1.165, 1.54) is 0 Å². The number of aliphatic hydroxyl groups is 1. The number of nitrogens with zero attached hydrogens (tertiary/aromatic N) is 1. The summed E-state index contributed by atoms with van der Waals surface area (Å²) in [5.74, 6) is 0.572. The number of carbonyl (C=O) groups excluding carboxylic acids is 1. The van der Waals surface area contributed by atoms with Gasteiger partial charge in [-0.15, -0.1) is 0 Å². The topological polar surface area (TPSA) is 49.8 Å². The number of hydrogen-bond acceptors (Lipinski definition) is 3. The molecule has 3 unspecified atom stereocenters. The van der Waals surface area contributed by atoms with Gasteiger partial charge in [-0.05, 0) is 25.2 Å². The Labute approximate surface area is 90.2 Å². The van der Waals surface area contributed by atoms with E-state index < -0.39 is 0 Å². The van der Waals surface area contributed by atoms with Crippen molar-refractivity contribution >= 4 is 5.91 Å². The molecule has 3 atom stereocenters. The Kier molecular flexibility index (Phi) is 3.26. The molecule has 1 amide bonds. The van der Waals surface area contributed by atoms with Gasteiger partial charge in [-0.2, -0.15) is 0 Å². The van der Waals surface area contributed by atoms with Gasteiger partial charge in [-0.1, -0.05) is 6.92 Å². The second-order valence-electron chi connectivity index (χ2n) is 4.65. The van der Waals surface area contributed by atoms with Crippen molar-refractivity contribution < 1.29 is 14.6 Å². The zero-order valence-electron chi connectivity index (χ0n) is 9.19. The molecule has 0 spiro atoms. The molecule has 0 aromatic rings. The number of aliphatic hydroxyl groups excluding tert-OH is 1. The molecule has 0 radical (unpaired) electrons. The molecule has 4 nitrogen and oxygen atoms in total. The van der Waals surface area contributed by atoms with Gasteiger partial charge in [0.1, 0.15) is 6.61 Å². The van der Waals surface area contributed by atoms with Crippen LogP contribution in [0.5, 0.6) is 0 Å². The second-order valence-corrected chi connectivity index (χ2v) is 4.65. The van der Waals surface area contributed by atoms with Crippen LogP contribution >= 0.6 is 0 Å². The molecular formula is C11H19NO3. The molecule has 15 heavy (non-hydrogen) atoms. The minimum absolute atomic E-state index is 0.0761. The van der Waals surface area contributed by atoms with Crippen molar-refractivity contribution in [2.75, 3.05) is 19.8 Å². The molecule has 1 saturated heterocycles. The summed E-state index contributed by atoms with van der Waals surface area (Å²) in [5, 5.41) is 9.65. The van der Waals surface area contributed by atoms with Crippen LogP contribution in [0.4, 0.5) is 0 Å². The van der Waals surface area contributed by atoms with Crippen molar-refractivity contribution in [3.63, 3.8) is 0 Å². The van der Waals surface area contributed by atoms with Gasteiger partial charge in [0.2, 0.25) is 5.91 Å². The lowest BCUT2D eigenvalue weighted by Gasteiger charge is -2.41. The maximum atomic E-state index is 11.7. The van der Waals surface area contributed by atoms with Crippen LogP contribution in [0.3, 0.4) is 0 Å². The van der Waals surface area contributed by atoms with Crippen LogP contribution in [0.15, 0.2) is 0 Å². The van der Waals surface area contributed by atoms with Crippen LogP contribution in [0.2, 0.25) is 0 Å². The predicted molar refractivity (Wildman–Crippen MR) is 55.3 cm³/mol. The van der Waals surface area contributed by atoms with Crippen LogP contribution in [-0.4, -0.2) is 47.8 Å². The quantitative estimate of drug-likeness (QED) is 0.685. The van der Waals surface area contributed by atoms with Crippen molar-refractivity contribution in [2.24, 2.45) is 5.92 Å². The number of carbonyl (C=O) groups is 1. The zero-order valence-corrected chi connectivity index (χ0v) is 9.19. The predicted octanol–water partition coefficient (Wildman–Crippen LogP) is 0.395. The summed E-state index contributed by atoms with van der Waals surface area (Å²) in [7, 11) is 0. The number of rotatable bonds is 1. The van der Waals surface area contributed by atoms with E-state index in [0.29, 0.717) is 19.1 Å². The molecule has 2 fully saturated rings. The van der Waals surface area contributed by atoms with Gasteiger partial charge in [0, 0.05) is 12.6 Å². The van der Waals surface area contributed by atoms with Crippen molar-refractivity contribution in [1.29, 1.82) is 0 Å². The summed E-state index contributed by atoms with van der Waals surface area (Å²) in [6.45, 7) is 3.68. The molecule has 2 rings (SSSR count). The molecule has 1 saturated carbocycles. The van der Waals surface area contributed by atoms with E-state index in [9.17, 15) is 9.90 Å². The fourth-order valence-electron chi connectivity index (χ4n) is 2.59. The van der Waals surface area contributed by atoms with Crippen LogP contribution in [0.1, 0.15) is 26.2 Å². The van der Waals surface area contributed by atoms with Crippen LogP contribution in [0, 0.1) is 5.92 Å². The number of ether oxygens (including phenoxy) is 1. The summed E-state index contributed by atoms with van der Waals surface area (Å²) in [6.07, 6.45) is 2.38. The Morgan fingerprint density at radius 3 is 3.00 bits per heavy atom. The molecule has 0 bridgehead atoms. The number of morpholine rings is 1. The Morgan fingerprint density at radius 1 is 1.47 bits per heavy atom. The summed E-state index contributed by atoms with van der Waals surface area (Å²) in [5.41, 5.74) is 0. The minimum atomic E-state index is -0.234. The van der Waals surface area contributed by atoms with Crippen molar-refractivity contribution in [2.45, 2.75) is 38.3 Å². The maximum absolute atomic E-state index is 11.7. The van der Waals surface area contributed by atoms with Gasteiger partial charge >= 0.3 is 0 Å². The summed E-state index contributed by atoms with van der Waals surface area (Å²) in [4.78, 5) is 13.6. The van der Waals surface area contributed by atoms with Gasteiger partial charge in [0.05, 0.1) is 12.7 Å². The first-order chi connectivity index (χ1) is 7.18. The summed E-state index contributed by atoms with van der Waals surface area (Å²) < 4.78 is 5.11. The molecular weight excluding hydrogens is 194 g/mol. The zero-order chi connectivity index (χ0) is 10.8. The SMILES string of the molecule is CC1CCC(O)CC1N1CCOCC1=O. The average molecular weight is 213 g/mol. The van der Waals surface area contributed by atoms with Gasteiger partial charge < -0.3 is 14.7 Å². The van der Waals surface area contributed by atoms with E-state index in [0.717, 1.165) is 19.3 Å². The molecule has 1 heterocycles. The van der Waals surface area contributed by atoms with E-state index in [2.05, 4.69) is 6.92 Å². The Morgan fingerprint density at radius 2 is 2.27 bits per heavy atom. The standard InChI is InChI=1S/C11H19NO3/c1-8-2-3-9(13)6-10(8)12-4-5-15-7-11(12)14/h8-10,13H,2-7H2,1H3. The second kappa shape index (κ2) is 4.49. The largest absolute Gasteiger partial charge is 0.393 e. The molecule has 0 aromatic carbocycles. The fourth-order valence-corrected chi connectivity index (χ4v) is 2.59. The first-order valence-corrected chi connectivity index (χ1v) is 5.73. The Balaban J connectivity index is 2.03. The molecule has 0 aromatic heterocycles. The van der Waals surface area contributed by atoms with Crippen molar-refractivity contribution in [1.82, 2.24) is 4.90 Å². The lowest BCUT2D eigenvalue weighted by molar-refractivity contribution is -0.149. The van der Waals surface area contributed by atoms with Crippen LogP contribution in [-0.2, 0) is 9.53 Å². The smallest absolute Gasteiger partial charge is 0.248 e. The summed E-state index contributed by atoms with van der Waals surface area (Å²) in [6, 6.07) is 0.213. The van der Waals surface area contributed by atoms with Gasteiger partial charge in [-0.3, -0.25) is 4.79 Å². The molecule has 4 heteroatoms. The van der Waals surface area contributed by atoms with E-state index in [1.807, 2.05) is 4.90 Å². The van der Waals surface area contributed by atoms with Gasteiger partial charge in [-0.25, -0.2) is 0 Å². The third-order valence-electron chi connectivity index (χ3n) is 3.55.